The number of anilines is 3. The van der Waals surface area contributed by atoms with Gasteiger partial charge in [0.05, 0.1) is 7.11 Å². The molecule has 1 saturated heterocycles. The molecule has 2 aromatic rings. The first-order chi connectivity index (χ1) is 12.8. The minimum Gasteiger partial charge on any atom is -0.497 e. The normalized spacial score (nSPS) is 14.4. The predicted octanol–water partition coefficient (Wildman–Crippen LogP) is 3.41. The Balaban J connectivity index is 1.54. The van der Waals surface area contributed by atoms with Crippen molar-refractivity contribution in [2.45, 2.75) is 26.2 Å². The Labute approximate surface area is 156 Å². The highest BCUT2D eigenvalue weighted by Crippen LogP contribution is 2.22. The molecule has 140 valence electrons. The van der Waals surface area contributed by atoms with E-state index in [1.165, 1.54) is 24.9 Å². The molecule has 3 rings (SSSR count). The molecule has 1 fully saturated rings. The number of methoxy groups -OCH3 is 1. The molecule has 6 nitrogen and oxygen atoms in total. The number of rotatable bonds is 8. The van der Waals surface area contributed by atoms with Gasteiger partial charge in [-0.25, -0.2) is 9.97 Å². The average molecular weight is 355 g/mol. The van der Waals surface area contributed by atoms with Crippen LogP contribution in [-0.4, -0.2) is 49.8 Å². The Bertz CT molecular complexity index is 668. The molecule has 0 aliphatic carbocycles. The molecule has 1 N–H and O–H groups in total. The zero-order valence-electron chi connectivity index (χ0n) is 15.8. The molecule has 0 atom stereocenters. The number of nitrogens with one attached hydrogen (secondary N) is 1. The summed E-state index contributed by atoms with van der Waals surface area (Å²) in [5, 5.41) is 3.40. The van der Waals surface area contributed by atoms with E-state index < -0.39 is 0 Å². The Morgan fingerprint density at radius 2 is 1.73 bits per heavy atom. The molecule has 1 aromatic carbocycles. The summed E-state index contributed by atoms with van der Waals surface area (Å²) in [6, 6.07) is 10.3. The minimum atomic E-state index is 0.896. The number of nitrogens with zero attached hydrogens (tertiary/aromatic N) is 4. The SMILES string of the molecule is CCCCCNc1cc(N2CCN(c3ccc(OC)cc3)CC2)ncn1. The summed E-state index contributed by atoms with van der Waals surface area (Å²) in [4.78, 5) is 13.5. The van der Waals surface area contributed by atoms with Crippen LogP contribution in [0.5, 0.6) is 5.75 Å². The fraction of sp³-hybridized carbons (Fsp3) is 0.500. The summed E-state index contributed by atoms with van der Waals surface area (Å²) >= 11 is 0. The first-order valence-electron chi connectivity index (χ1n) is 9.50. The van der Waals surface area contributed by atoms with Crippen LogP contribution in [0.4, 0.5) is 17.3 Å². The molecule has 0 saturated carbocycles. The van der Waals surface area contributed by atoms with Gasteiger partial charge in [0, 0.05) is 44.5 Å². The Morgan fingerprint density at radius 1 is 1.00 bits per heavy atom. The summed E-state index contributed by atoms with van der Waals surface area (Å²) < 4.78 is 5.24. The monoisotopic (exact) mass is 355 g/mol. The lowest BCUT2D eigenvalue weighted by Crippen LogP contribution is -2.46. The van der Waals surface area contributed by atoms with Crippen molar-refractivity contribution in [2.24, 2.45) is 0 Å². The Morgan fingerprint density at radius 3 is 2.42 bits per heavy atom. The van der Waals surface area contributed by atoms with Crippen molar-refractivity contribution in [3.63, 3.8) is 0 Å². The maximum absolute atomic E-state index is 5.24. The Kier molecular flexibility index (Phi) is 6.52. The summed E-state index contributed by atoms with van der Waals surface area (Å²) in [7, 11) is 1.70. The van der Waals surface area contributed by atoms with Crippen molar-refractivity contribution in [3.05, 3.63) is 36.7 Å². The van der Waals surface area contributed by atoms with Gasteiger partial charge in [-0.05, 0) is 30.7 Å². The number of hydrogen-bond donors (Lipinski definition) is 1. The van der Waals surface area contributed by atoms with Gasteiger partial charge in [-0.3, -0.25) is 0 Å². The number of unbranched alkanes of at least 4 members (excludes halogenated alkanes) is 2. The van der Waals surface area contributed by atoms with Gasteiger partial charge in [-0.2, -0.15) is 0 Å². The maximum atomic E-state index is 5.24. The van der Waals surface area contributed by atoms with Crippen LogP contribution >= 0.6 is 0 Å². The molecule has 26 heavy (non-hydrogen) atoms. The molecule has 6 heteroatoms. The van der Waals surface area contributed by atoms with Gasteiger partial charge in [0.15, 0.2) is 0 Å². The minimum absolute atomic E-state index is 0.896. The molecule has 0 bridgehead atoms. The highest BCUT2D eigenvalue weighted by atomic mass is 16.5. The van der Waals surface area contributed by atoms with E-state index in [1.54, 1.807) is 13.4 Å². The van der Waals surface area contributed by atoms with E-state index in [1.807, 2.05) is 12.1 Å². The lowest BCUT2D eigenvalue weighted by atomic mass is 10.2. The fourth-order valence-corrected chi connectivity index (χ4v) is 3.19. The molecular formula is C20H29N5O. The number of ether oxygens (including phenoxy) is 1. The van der Waals surface area contributed by atoms with Crippen molar-refractivity contribution < 1.29 is 4.74 Å². The zero-order chi connectivity index (χ0) is 18.2. The van der Waals surface area contributed by atoms with Crippen LogP contribution in [0, 0.1) is 0 Å². The molecule has 0 spiro atoms. The van der Waals surface area contributed by atoms with Crippen LogP contribution in [-0.2, 0) is 0 Å². The Hall–Kier alpha value is -2.50. The molecule has 1 aliphatic rings. The van der Waals surface area contributed by atoms with E-state index in [2.05, 4.69) is 50.2 Å². The van der Waals surface area contributed by atoms with Crippen LogP contribution < -0.4 is 19.9 Å². The van der Waals surface area contributed by atoms with Crippen molar-refractivity contribution in [2.75, 3.05) is 55.0 Å². The topological polar surface area (TPSA) is 53.5 Å². The van der Waals surface area contributed by atoms with Crippen molar-refractivity contribution in [1.82, 2.24) is 9.97 Å². The van der Waals surface area contributed by atoms with Gasteiger partial charge in [-0.15, -0.1) is 0 Å². The van der Waals surface area contributed by atoms with E-state index in [0.29, 0.717) is 0 Å². The first-order valence-corrected chi connectivity index (χ1v) is 9.50. The second kappa shape index (κ2) is 9.27. The van der Waals surface area contributed by atoms with E-state index in [0.717, 1.165) is 50.1 Å². The molecule has 1 aromatic heterocycles. The molecule has 2 heterocycles. The number of piperazine rings is 1. The molecule has 1 aliphatic heterocycles. The standard InChI is InChI=1S/C20H29N5O/c1-3-4-5-10-21-19-15-20(23-16-22-19)25-13-11-24(12-14-25)17-6-8-18(26-2)9-7-17/h6-9,15-16H,3-5,10-14H2,1-2H3,(H,21,22,23). The predicted molar refractivity (Wildman–Crippen MR) is 107 cm³/mol. The third-order valence-corrected chi connectivity index (χ3v) is 4.78. The molecule has 0 amide bonds. The van der Waals surface area contributed by atoms with Gasteiger partial charge >= 0.3 is 0 Å². The molecular weight excluding hydrogens is 326 g/mol. The van der Waals surface area contributed by atoms with Crippen molar-refractivity contribution in [3.8, 4) is 5.75 Å². The van der Waals surface area contributed by atoms with Gasteiger partial charge in [-0.1, -0.05) is 19.8 Å². The average Bonchev–Trinajstić information content (AvgIpc) is 2.72. The van der Waals surface area contributed by atoms with Gasteiger partial charge < -0.3 is 19.9 Å². The largest absolute Gasteiger partial charge is 0.497 e. The van der Waals surface area contributed by atoms with Crippen LogP contribution in [0.2, 0.25) is 0 Å². The number of benzene rings is 1. The first kappa shape index (κ1) is 18.3. The number of hydrogen-bond acceptors (Lipinski definition) is 6. The smallest absolute Gasteiger partial charge is 0.134 e. The third kappa shape index (κ3) is 4.77. The van der Waals surface area contributed by atoms with Crippen molar-refractivity contribution in [1.29, 1.82) is 0 Å². The van der Waals surface area contributed by atoms with Crippen LogP contribution in [0.25, 0.3) is 0 Å². The molecule has 0 radical (unpaired) electrons. The van der Waals surface area contributed by atoms with Gasteiger partial charge in [0.25, 0.3) is 0 Å². The van der Waals surface area contributed by atoms with E-state index in [9.17, 15) is 0 Å². The summed E-state index contributed by atoms with van der Waals surface area (Å²) in [6.07, 6.45) is 5.32. The second-order valence-electron chi connectivity index (χ2n) is 6.57. The lowest BCUT2D eigenvalue weighted by molar-refractivity contribution is 0.415. The quantitative estimate of drug-likeness (QED) is 0.733. The van der Waals surface area contributed by atoms with Crippen LogP contribution in [0.1, 0.15) is 26.2 Å². The zero-order valence-corrected chi connectivity index (χ0v) is 15.8. The fourth-order valence-electron chi connectivity index (χ4n) is 3.19. The highest BCUT2D eigenvalue weighted by molar-refractivity contribution is 5.53. The summed E-state index contributed by atoms with van der Waals surface area (Å²) in [6.45, 7) is 7.06. The third-order valence-electron chi connectivity index (χ3n) is 4.78. The maximum Gasteiger partial charge on any atom is 0.134 e. The van der Waals surface area contributed by atoms with Gasteiger partial charge in [0.2, 0.25) is 0 Å². The van der Waals surface area contributed by atoms with E-state index in [-0.39, 0.29) is 0 Å². The van der Waals surface area contributed by atoms with Gasteiger partial charge in [0.1, 0.15) is 23.7 Å². The van der Waals surface area contributed by atoms with Crippen LogP contribution in [0.15, 0.2) is 36.7 Å². The summed E-state index contributed by atoms with van der Waals surface area (Å²) in [5.41, 5.74) is 1.24. The summed E-state index contributed by atoms with van der Waals surface area (Å²) in [5.74, 6) is 2.82. The lowest BCUT2D eigenvalue weighted by Gasteiger charge is -2.36. The van der Waals surface area contributed by atoms with E-state index in [4.69, 9.17) is 4.74 Å². The number of aromatic nitrogens is 2. The second-order valence-corrected chi connectivity index (χ2v) is 6.57. The van der Waals surface area contributed by atoms with Crippen LogP contribution in [0.3, 0.4) is 0 Å². The van der Waals surface area contributed by atoms with Crippen molar-refractivity contribution >= 4 is 17.3 Å². The van der Waals surface area contributed by atoms with E-state index >= 15 is 0 Å². The molecule has 0 unspecified atom stereocenters. The highest BCUT2D eigenvalue weighted by Gasteiger charge is 2.18.